The summed E-state index contributed by atoms with van der Waals surface area (Å²) >= 11 is 3.37. The summed E-state index contributed by atoms with van der Waals surface area (Å²) in [5.74, 6) is -0.915. The number of hydrogen-bond acceptors (Lipinski definition) is 3. The first-order chi connectivity index (χ1) is 7.66. The van der Waals surface area contributed by atoms with E-state index in [4.69, 9.17) is 9.84 Å². The van der Waals surface area contributed by atoms with Crippen LogP contribution in [0.1, 0.15) is 11.6 Å². The minimum atomic E-state index is -0.915. The van der Waals surface area contributed by atoms with Crippen molar-refractivity contribution in [1.82, 2.24) is 5.32 Å². The second-order valence-electron chi connectivity index (χ2n) is 3.67. The molecule has 86 valence electrons. The fraction of sp³-hybridized carbons (Fsp3) is 0.364. The lowest BCUT2D eigenvalue weighted by Gasteiger charge is -2.28. The lowest BCUT2D eigenvalue weighted by molar-refractivity contribution is -0.153. The Morgan fingerprint density at radius 3 is 2.62 bits per heavy atom. The zero-order valence-corrected chi connectivity index (χ0v) is 10.1. The normalized spacial score (nSPS) is 25.3. The van der Waals surface area contributed by atoms with Gasteiger partial charge in [0.25, 0.3) is 0 Å². The number of rotatable bonds is 2. The highest BCUT2D eigenvalue weighted by atomic mass is 79.9. The van der Waals surface area contributed by atoms with Crippen LogP contribution in [-0.2, 0) is 9.53 Å². The number of halogens is 1. The zero-order chi connectivity index (χ0) is 11.5. The van der Waals surface area contributed by atoms with E-state index in [1.54, 1.807) is 0 Å². The smallest absolute Gasteiger partial charge is 0.334 e. The highest BCUT2D eigenvalue weighted by Gasteiger charge is 2.26. The third-order valence-electron chi connectivity index (χ3n) is 2.56. The third-order valence-corrected chi connectivity index (χ3v) is 3.09. The molecule has 0 radical (unpaired) electrons. The van der Waals surface area contributed by atoms with Gasteiger partial charge >= 0.3 is 5.97 Å². The Bertz CT molecular complexity index is 371. The number of nitrogens with one attached hydrogen (secondary N) is 1. The van der Waals surface area contributed by atoms with Crippen LogP contribution in [0, 0.1) is 0 Å². The van der Waals surface area contributed by atoms with E-state index in [0.29, 0.717) is 13.2 Å². The Balaban J connectivity index is 1.99. The van der Waals surface area contributed by atoms with Crippen molar-refractivity contribution in [2.75, 3.05) is 13.2 Å². The molecule has 2 N–H and O–H groups in total. The van der Waals surface area contributed by atoms with Gasteiger partial charge in [-0.3, -0.25) is 0 Å². The van der Waals surface area contributed by atoms with Crippen LogP contribution in [0.2, 0.25) is 0 Å². The zero-order valence-electron chi connectivity index (χ0n) is 8.52. The summed E-state index contributed by atoms with van der Waals surface area (Å²) in [5, 5.41) is 11.9. The molecule has 0 aliphatic carbocycles. The number of carboxylic acids is 1. The van der Waals surface area contributed by atoms with E-state index in [1.165, 1.54) is 0 Å². The molecule has 2 atom stereocenters. The Kier molecular flexibility index (Phi) is 3.58. The summed E-state index contributed by atoms with van der Waals surface area (Å²) in [6.45, 7) is 0.731. The van der Waals surface area contributed by atoms with Gasteiger partial charge in [-0.15, -0.1) is 0 Å². The van der Waals surface area contributed by atoms with Crippen LogP contribution in [0.5, 0.6) is 0 Å². The highest BCUT2D eigenvalue weighted by molar-refractivity contribution is 9.10. The maximum atomic E-state index is 10.7. The standard InChI is InChI=1S/C11H12BrNO3/c12-8-3-1-7(2-4-8)9-6-16-10(5-13-9)11(14)15/h1-4,9-10,13H,5-6H2,(H,14,15). The lowest BCUT2D eigenvalue weighted by Crippen LogP contribution is -2.44. The molecule has 1 aromatic carbocycles. The molecule has 0 bridgehead atoms. The second-order valence-corrected chi connectivity index (χ2v) is 4.59. The third kappa shape index (κ3) is 2.61. The van der Waals surface area contributed by atoms with Crippen molar-refractivity contribution in [3.8, 4) is 0 Å². The summed E-state index contributed by atoms with van der Waals surface area (Å²) < 4.78 is 6.29. The van der Waals surface area contributed by atoms with Crippen molar-refractivity contribution >= 4 is 21.9 Å². The van der Waals surface area contributed by atoms with Gasteiger partial charge in [0.2, 0.25) is 0 Å². The molecule has 2 unspecified atom stereocenters. The monoisotopic (exact) mass is 285 g/mol. The van der Waals surface area contributed by atoms with Crippen molar-refractivity contribution in [1.29, 1.82) is 0 Å². The minimum Gasteiger partial charge on any atom is -0.479 e. The molecular weight excluding hydrogens is 274 g/mol. The lowest BCUT2D eigenvalue weighted by atomic mass is 10.1. The maximum absolute atomic E-state index is 10.7. The first-order valence-electron chi connectivity index (χ1n) is 5.00. The van der Waals surface area contributed by atoms with Crippen molar-refractivity contribution in [2.45, 2.75) is 12.1 Å². The number of hydrogen-bond donors (Lipinski definition) is 2. The van der Waals surface area contributed by atoms with Crippen molar-refractivity contribution < 1.29 is 14.6 Å². The van der Waals surface area contributed by atoms with E-state index >= 15 is 0 Å². The number of carboxylic acid groups (broad SMARTS) is 1. The number of ether oxygens (including phenoxy) is 1. The molecule has 1 heterocycles. The second kappa shape index (κ2) is 4.95. The van der Waals surface area contributed by atoms with E-state index in [2.05, 4.69) is 21.2 Å². The fourth-order valence-corrected chi connectivity index (χ4v) is 1.91. The maximum Gasteiger partial charge on any atom is 0.334 e. The Labute approximate surface area is 102 Å². The van der Waals surface area contributed by atoms with E-state index in [1.807, 2.05) is 24.3 Å². The Morgan fingerprint density at radius 1 is 1.44 bits per heavy atom. The van der Waals surface area contributed by atoms with Gasteiger partial charge in [-0.2, -0.15) is 0 Å². The van der Waals surface area contributed by atoms with Crippen LogP contribution in [0.4, 0.5) is 0 Å². The molecule has 5 heteroatoms. The Morgan fingerprint density at radius 2 is 2.12 bits per heavy atom. The highest BCUT2D eigenvalue weighted by Crippen LogP contribution is 2.20. The summed E-state index contributed by atoms with van der Waals surface area (Å²) in [6.07, 6.45) is -0.730. The van der Waals surface area contributed by atoms with Gasteiger partial charge in [0.15, 0.2) is 6.10 Å². The first-order valence-corrected chi connectivity index (χ1v) is 5.79. The van der Waals surface area contributed by atoms with Crippen molar-refractivity contribution in [3.05, 3.63) is 34.3 Å². The molecule has 0 saturated carbocycles. The SMILES string of the molecule is O=C(O)C1CNC(c2ccc(Br)cc2)CO1. The number of morpholine rings is 1. The first kappa shape index (κ1) is 11.6. The van der Waals surface area contributed by atoms with Crippen molar-refractivity contribution in [2.24, 2.45) is 0 Å². The summed E-state index contributed by atoms with van der Waals surface area (Å²) in [4.78, 5) is 10.7. The summed E-state index contributed by atoms with van der Waals surface area (Å²) in [7, 11) is 0. The molecule has 16 heavy (non-hydrogen) atoms. The molecule has 2 rings (SSSR count). The van der Waals surface area contributed by atoms with Gasteiger partial charge in [0.1, 0.15) is 0 Å². The van der Waals surface area contributed by atoms with Crippen LogP contribution in [0.25, 0.3) is 0 Å². The molecule has 1 fully saturated rings. The summed E-state index contributed by atoms with van der Waals surface area (Å²) in [5.41, 5.74) is 1.10. The van der Waals surface area contributed by atoms with Crippen LogP contribution in [0.15, 0.2) is 28.7 Å². The van der Waals surface area contributed by atoms with Crippen LogP contribution >= 0.6 is 15.9 Å². The fourth-order valence-electron chi connectivity index (χ4n) is 1.65. The van der Waals surface area contributed by atoms with E-state index in [-0.39, 0.29) is 6.04 Å². The van der Waals surface area contributed by atoms with Gasteiger partial charge in [-0.05, 0) is 17.7 Å². The molecule has 1 aliphatic rings. The molecule has 1 aliphatic heterocycles. The molecular formula is C11H12BrNO3. The van der Waals surface area contributed by atoms with Gasteiger partial charge in [-0.25, -0.2) is 4.79 Å². The number of aliphatic carboxylic acids is 1. The van der Waals surface area contributed by atoms with Gasteiger partial charge < -0.3 is 15.2 Å². The van der Waals surface area contributed by atoms with Crippen LogP contribution < -0.4 is 5.32 Å². The molecule has 1 aromatic rings. The minimum absolute atomic E-state index is 0.0729. The number of carbonyl (C=O) groups is 1. The molecule has 0 aromatic heterocycles. The predicted octanol–water partition coefficient (Wildman–Crippen LogP) is 1.56. The van der Waals surface area contributed by atoms with Gasteiger partial charge in [0, 0.05) is 11.0 Å². The van der Waals surface area contributed by atoms with Gasteiger partial charge in [0.05, 0.1) is 12.6 Å². The molecule has 1 saturated heterocycles. The van der Waals surface area contributed by atoms with Crippen molar-refractivity contribution in [3.63, 3.8) is 0 Å². The average molecular weight is 286 g/mol. The van der Waals surface area contributed by atoms with E-state index in [9.17, 15) is 4.79 Å². The Hall–Kier alpha value is -0.910. The molecule has 0 amide bonds. The topological polar surface area (TPSA) is 58.6 Å². The number of benzene rings is 1. The quantitative estimate of drug-likeness (QED) is 0.866. The predicted molar refractivity (Wildman–Crippen MR) is 62.3 cm³/mol. The molecule has 4 nitrogen and oxygen atoms in total. The van der Waals surface area contributed by atoms with Crippen LogP contribution in [-0.4, -0.2) is 30.3 Å². The summed E-state index contributed by atoms with van der Waals surface area (Å²) in [6, 6.07) is 7.97. The van der Waals surface area contributed by atoms with Gasteiger partial charge in [-0.1, -0.05) is 28.1 Å². The molecule has 0 spiro atoms. The van der Waals surface area contributed by atoms with Crippen LogP contribution in [0.3, 0.4) is 0 Å². The largest absolute Gasteiger partial charge is 0.479 e. The van der Waals surface area contributed by atoms with E-state index < -0.39 is 12.1 Å². The average Bonchev–Trinajstić information content (AvgIpc) is 2.30. The van der Waals surface area contributed by atoms with E-state index in [0.717, 1.165) is 10.0 Å².